The SMILES string of the molecule is CC(C)CC(OC(c1ccc(Br)cc1)c1ccccn1)C(=O)O.[KH]. The molecule has 2 rings (SSSR count). The molecule has 0 spiro atoms. The van der Waals surface area contributed by atoms with Crippen molar-refractivity contribution in [2.45, 2.75) is 32.5 Å². The summed E-state index contributed by atoms with van der Waals surface area (Å²) in [6.45, 7) is 3.96. The minimum absolute atomic E-state index is 0. The Kier molecular flexibility index (Phi) is 9.89. The van der Waals surface area contributed by atoms with E-state index in [0.29, 0.717) is 12.1 Å². The predicted molar refractivity (Wildman–Crippen MR) is 99.3 cm³/mol. The fourth-order valence-corrected chi connectivity index (χ4v) is 2.56. The van der Waals surface area contributed by atoms with Gasteiger partial charge in [0.05, 0.1) is 5.69 Å². The van der Waals surface area contributed by atoms with Gasteiger partial charge in [-0.1, -0.05) is 48.0 Å². The van der Waals surface area contributed by atoms with Gasteiger partial charge in [-0.05, 0) is 42.2 Å². The molecule has 2 aromatic rings. The molecule has 24 heavy (non-hydrogen) atoms. The van der Waals surface area contributed by atoms with E-state index in [1.54, 1.807) is 6.20 Å². The molecule has 1 N–H and O–H groups in total. The van der Waals surface area contributed by atoms with Crippen LogP contribution in [0.3, 0.4) is 0 Å². The number of aromatic nitrogens is 1. The van der Waals surface area contributed by atoms with Crippen LogP contribution in [-0.4, -0.2) is 73.5 Å². The van der Waals surface area contributed by atoms with Crippen LogP contribution in [0.4, 0.5) is 0 Å². The van der Waals surface area contributed by atoms with Crippen LogP contribution in [0.2, 0.25) is 0 Å². The first-order valence-electron chi connectivity index (χ1n) is 7.52. The fourth-order valence-electron chi connectivity index (χ4n) is 2.29. The molecule has 4 nitrogen and oxygen atoms in total. The molecular weight excluding hydrogens is 397 g/mol. The van der Waals surface area contributed by atoms with Crippen molar-refractivity contribution in [3.8, 4) is 0 Å². The number of carbonyl (C=O) groups is 1. The molecule has 0 bridgehead atoms. The van der Waals surface area contributed by atoms with Gasteiger partial charge >= 0.3 is 57.4 Å². The van der Waals surface area contributed by atoms with E-state index < -0.39 is 18.2 Å². The van der Waals surface area contributed by atoms with E-state index in [1.807, 2.05) is 56.3 Å². The molecule has 0 aliphatic heterocycles. The zero-order chi connectivity index (χ0) is 16.8. The van der Waals surface area contributed by atoms with Gasteiger partial charge in [0, 0.05) is 10.7 Å². The van der Waals surface area contributed by atoms with Crippen LogP contribution in [0, 0.1) is 5.92 Å². The summed E-state index contributed by atoms with van der Waals surface area (Å²) in [5.74, 6) is -0.720. The monoisotopic (exact) mass is 417 g/mol. The summed E-state index contributed by atoms with van der Waals surface area (Å²) in [6.07, 6.45) is 0.757. The third kappa shape index (κ3) is 6.67. The molecule has 124 valence electrons. The summed E-state index contributed by atoms with van der Waals surface area (Å²) in [5, 5.41) is 9.46. The average Bonchev–Trinajstić information content (AvgIpc) is 2.53. The van der Waals surface area contributed by atoms with Crippen LogP contribution >= 0.6 is 15.9 Å². The fraction of sp³-hybridized carbons (Fsp3) is 0.333. The van der Waals surface area contributed by atoms with E-state index in [4.69, 9.17) is 4.74 Å². The molecule has 0 aliphatic rings. The number of ether oxygens (including phenoxy) is 1. The van der Waals surface area contributed by atoms with E-state index in [2.05, 4.69) is 20.9 Å². The number of carboxylic acid groups (broad SMARTS) is 1. The van der Waals surface area contributed by atoms with Crippen LogP contribution in [-0.2, 0) is 9.53 Å². The molecule has 1 heterocycles. The summed E-state index contributed by atoms with van der Waals surface area (Å²) in [7, 11) is 0. The van der Waals surface area contributed by atoms with Crippen molar-refractivity contribution in [1.29, 1.82) is 0 Å². The minimum atomic E-state index is -0.947. The van der Waals surface area contributed by atoms with E-state index in [-0.39, 0.29) is 57.3 Å². The predicted octanol–water partition coefficient (Wildman–Crippen LogP) is 3.80. The molecule has 0 saturated heterocycles. The molecule has 0 amide bonds. The van der Waals surface area contributed by atoms with Gasteiger partial charge in [0.1, 0.15) is 6.10 Å². The Morgan fingerprint density at radius 3 is 2.38 bits per heavy atom. The number of carboxylic acids is 1. The van der Waals surface area contributed by atoms with Crippen molar-refractivity contribution in [2.24, 2.45) is 5.92 Å². The standard InChI is InChI=1S/C18H20BrNO3.K.H/c1-12(2)11-16(18(21)22)23-17(15-5-3-4-10-20-15)13-6-8-14(19)9-7-13;;/h3-10,12,16-17H,11H2,1-2H3,(H,21,22);;. The average molecular weight is 418 g/mol. The van der Waals surface area contributed by atoms with Crippen LogP contribution in [0.5, 0.6) is 0 Å². The van der Waals surface area contributed by atoms with Crippen molar-refractivity contribution >= 4 is 73.3 Å². The number of halogens is 1. The van der Waals surface area contributed by atoms with Crippen LogP contribution in [0.25, 0.3) is 0 Å². The van der Waals surface area contributed by atoms with Crippen LogP contribution in [0.1, 0.15) is 37.6 Å². The van der Waals surface area contributed by atoms with Gasteiger partial charge < -0.3 is 9.84 Å². The third-order valence-electron chi connectivity index (χ3n) is 3.39. The summed E-state index contributed by atoms with van der Waals surface area (Å²) < 4.78 is 6.91. The third-order valence-corrected chi connectivity index (χ3v) is 3.92. The van der Waals surface area contributed by atoms with Gasteiger partial charge in [-0.15, -0.1) is 0 Å². The van der Waals surface area contributed by atoms with E-state index in [0.717, 1.165) is 10.0 Å². The van der Waals surface area contributed by atoms with Crippen molar-refractivity contribution in [2.75, 3.05) is 0 Å². The molecule has 0 radical (unpaired) electrons. The molecule has 2 unspecified atom stereocenters. The summed E-state index contributed by atoms with van der Waals surface area (Å²) >= 11 is 3.41. The van der Waals surface area contributed by atoms with Crippen molar-refractivity contribution < 1.29 is 14.6 Å². The Balaban J connectivity index is 0.00000288. The van der Waals surface area contributed by atoms with Gasteiger partial charge in [-0.3, -0.25) is 4.98 Å². The summed E-state index contributed by atoms with van der Waals surface area (Å²) in [5.41, 5.74) is 1.58. The molecule has 0 saturated carbocycles. The van der Waals surface area contributed by atoms with E-state index >= 15 is 0 Å². The van der Waals surface area contributed by atoms with Crippen LogP contribution < -0.4 is 0 Å². The Hall–Kier alpha value is -0.0836. The normalized spacial score (nSPS) is 13.2. The summed E-state index contributed by atoms with van der Waals surface area (Å²) in [6, 6.07) is 13.2. The number of hydrogen-bond acceptors (Lipinski definition) is 3. The molecule has 1 aromatic carbocycles. The molecule has 0 aliphatic carbocycles. The first kappa shape index (κ1) is 22.0. The van der Waals surface area contributed by atoms with E-state index in [9.17, 15) is 9.90 Å². The van der Waals surface area contributed by atoms with Gasteiger partial charge in [0.15, 0.2) is 6.10 Å². The van der Waals surface area contributed by atoms with Gasteiger partial charge in [-0.2, -0.15) is 0 Å². The number of rotatable bonds is 7. The Morgan fingerprint density at radius 1 is 1.21 bits per heavy atom. The molecule has 2 atom stereocenters. The number of pyridine rings is 1. The number of benzene rings is 1. The first-order chi connectivity index (χ1) is 11.0. The zero-order valence-corrected chi connectivity index (χ0v) is 14.7. The molecular formula is C18H21BrKNO3. The summed E-state index contributed by atoms with van der Waals surface area (Å²) in [4.78, 5) is 15.9. The molecule has 6 heteroatoms. The van der Waals surface area contributed by atoms with Crippen molar-refractivity contribution in [1.82, 2.24) is 4.98 Å². The van der Waals surface area contributed by atoms with Gasteiger partial charge in [0.25, 0.3) is 0 Å². The van der Waals surface area contributed by atoms with Gasteiger partial charge in [-0.25, -0.2) is 4.79 Å². The molecule has 1 aromatic heterocycles. The van der Waals surface area contributed by atoms with Crippen LogP contribution in [0.15, 0.2) is 53.1 Å². The van der Waals surface area contributed by atoms with Crippen molar-refractivity contribution in [3.05, 3.63) is 64.4 Å². The Bertz CT molecular complexity index is 634. The number of aliphatic carboxylic acids is 1. The van der Waals surface area contributed by atoms with Crippen molar-refractivity contribution in [3.63, 3.8) is 0 Å². The van der Waals surface area contributed by atoms with Gasteiger partial charge in [0.2, 0.25) is 0 Å². The Morgan fingerprint density at radius 2 is 1.88 bits per heavy atom. The number of hydrogen-bond donors (Lipinski definition) is 1. The van der Waals surface area contributed by atoms with E-state index in [1.165, 1.54) is 0 Å². The quantitative estimate of drug-likeness (QED) is 0.695. The topological polar surface area (TPSA) is 59.4 Å². The maximum absolute atomic E-state index is 11.5. The second-order valence-electron chi connectivity index (χ2n) is 5.78. The maximum atomic E-state index is 11.5. The number of nitrogens with zero attached hydrogens (tertiary/aromatic N) is 1. The second-order valence-corrected chi connectivity index (χ2v) is 6.69. The second kappa shape index (κ2) is 10.8. The zero-order valence-electron chi connectivity index (χ0n) is 13.1. The molecule has 0 fully saturated rings. The Labute approximate surface area is 193 Å². The first-order valence-corrected chi connectivity index (χ1v) is 8.31.